The molecule has 36 heavy (non-hydrogen) atoms. The highest BCUT2D eigenvalue weighted by Crippen LogP contribution is 2.34. The zero-order valence-electron chi connectivity index (χ0n) is 19.8. The molecule has 0 saturated carbocycles. The smallest absolute Gasteiger partial charge is 0.273 e. The molecule has 0 aromatic heterocycles. The number of nitrogens with one attached hydrogen (secondary N) is 1. The fourth-order valence-electron chi connectivity index (χ4n) is 3.49. The Bertz CT molecular complexity index is 1280. The van der Waals surface area contributed by atoms with E-state index >= 15 is 0 Å². The summed E-state index contributed by atoms with van der Waals surface area (Å²) in [5.74, 6) is 0.627. The average molecular weight is 508 g/mol. The molecular formula is C27H26ClN3O5. The molecule has 0 unspecified atom stereocenters. The van der Waals surface area contributed by atoms with Crippen LogP contribution in [-0.4, -0.2) is 23.7 Å². The predicted molar refractivity (Wildman–Crippen MR) is 140 cm³/mol. The summed E-state index contributed by atoms with van der Waals surface area (Å²) >= 11 is 6.26. The summed E-state index contributed by atoms with van der Waals surface area (Å²) in [6.07, 6.45) is 3.58. The molecule has 0 saturated heterocycles. The summed E-state index contributed by atoms with van der Waals surface area (Å²) in [5.41, 5.74) is 4.96. The second-order valence-electron chi connectivity index (χ2n) is 7.67. The number of allylic oxidation sites excluding steroid dienone is 1. The van der Waals surface area contributed by atoms with Gasteiger partial charge < -0.3 is 9.47 Å². The quantitative estimate of drug-likeness (QED) is 0.148. The fraction of sp³-hybridized carbons (Fsp3) is 0.185. The Morgan fingerprint density at radius 3 is 2.53 bits per heavy atom. The number of ether oxygens (including phenoxy) is 2. The number of hydrogen-bond donors (Lipinski definition) is 1. The first-order chi connectivity index (χ1) is 17.4. The van der Waals surface area contributed by atoms with Crippen LogP contribution >= 0.6 is 11.6 Å². The van der Waals surface area contributed by atoms with Gasteiger partial charge in [-0.1, -0.05) is 54.1 Å². The number of amides is 1. The minimum absolute atomic E-state index is 0.112. The Hall–Kier alpha value is -4.17. The second kappa shape index (κ2) is 13.1. The first-order valence-electron chi connectivity index (χ1n) is 11.2. The van der Waals surface area contributed by atoms with Crippen molar-refractivity contribution in [2.24, 2.45) is 5.10 Å². The molecule has 3 aromatic rings. The third-order valence-electron chi connectivity index (χ3n) is 5.09. The topological polar surface area (TPSA) is 103 Å². The van der Waals surface area contributed by atoms with E-state index in [4.69, 9.17) is 21.1 Å². The molecule has 0 bridgehead atoms. The lowest BCUT2D eigenvalue weighted by molar-refractivity contribution is -0.385. The molecule has 1 amide bonds. The Kier molecular flexibility index (Phi) is 9.59. The maximum atomic E-state index is 12.3. The number of carbonyl (C=O) groups is 1. The maximum absolute atomic E-state index is 12.3. The van der Waals surface area contributed by atoms with Crippen LogP contribution in [0, 0.1) is 10.1 Å². The first-order valence-corrected chi connectivity index (χ1v) is 11.6. The first kappa shape index (κ1) is 26.4. The van der Waals surface area contributed by atoms with Crippen molar-refractivity contribution in [3.8, 4) is 11.5 Å². The molecule has 9 heteroatoms. The van der Waals surface area contributed by atoms with Gasteiger partial charge in [-0.2, -0.15) is 5.10 Å². The van der Waals surface area contributed by atoms with E-state index in [2.05, 4.69) is 17.1 Å². The van der Waals surface area contributed by atoms with Crippen LogP contribution in [0.1, 0.15) is 29.2 Å². The molecule has 0 radical (unpaired) electrons. The molecule has 0 heterocycles. The summed E-state index contributed by atoms with van der Waals surface area (Å²) in [4.78, 5) is 22.9. The average Bonchev–Trinajstić information content (AvgIpc) is 2.85. The van der Waals surface area contributed by atoms with Crippen LogP contribution < -0.4 is 14.9 Å². The van der Waals surface area contributed by atoms with Crippen molar-refractivity contribution in [3.05, 3.63) is 111 Å². The molecule has 0 spiro atoms. The number of carbonyl (C=O) groups excluding carboxylic acids is 1. The minimum atomic E-state index is -0.516. The van der Waals surface area contributed by atoms with Gasteiger partial charge in [0, 0.05) is 27.8 Å². The molecule has 0 atom stereocenters. The van der Waals surface area contributed by atoms with E-state index in [1.165, 1.54) is 12.3 Å². The van der Waals surface area contributed by atoms with Crippen LogP contribution in [0.3, 0.4) is 0 Å². The summed E-state index contributed by atoms with van der Waals surface area (Å²) in [5, 5.41) is 15.8. The van der Waals surface area contributed by atoms with Crippen LogP contribution in [0.25, 0.3) is 0 Å². The number of benzene rings is 3. The summed E-state index contributed by atoms with van der Waals surface area (Å²) in [6, 6.07) is 17.2. The summed E-state index contributed by atoms with van der Waals surface area (Å²) < 4.78 is 11.9. The van der Waals surface area contributed by atoms with Gasteiger partial charge in [-0.25, -0.2) is 5.43 Å². The van der Waals surface area contributed by atoms with Gasteiger partial charge in [-0.3, -0.25) is 14.9 Å². The van der Waals surface area contributed by atoms with Crippen molar-refractivity contribution in [1.29, 1.82) is 0 Å². The lowest BCUT2D eigenvalue weighted by Gasteiger charge is -2.17. The number of halogens is 1. The third kappa shape index (κ3) is 7.16. The van der Waals surface area contributed by atoms with Gasteiger partial charge in [0.2, 0.25) is 5.91 Å². The minimum Gasteiger partial charge on any atom is -0.490 e. The lowest BCUT2D eigenvalue weighted by Crippen LogP contribution is -2.20. The number of para-hydroxylation sites is 1. The number of rotatable bonds is 12. The lowest BCUT2D eigenvalue weighted by atomic mass is 10.1. The molecule has 186 valence electrons. The van der Waals surface area contributed by atoms with Crippen molar-refractivity contribution >= 4 is 29.4 Å². The molecule has 3 aromatic carbocycles. The van der Waals surface area contributed by atoms with Gasteiger partial charge in [0.1, 0.15) is 6.61 Å². The van der Waals surface area contributed by atoms with Crippen LogP contribution in [0.5, 0.6) is 11.5 Å². The number of hydrazone groups is 1. The van der Waals surface area contributed by atoms with Crippen molar-refractivity contribution in [1.82, 2.24) is 5.43 Å². The van der Waals surface area contributed by atoms with E-state index in [0.29, 0.717) is 40.7 Å². The Balaban J connectivity index is 1.77. The van der Waals surface area contributed by atoms with Crippen molar-refractivity contribution in [2.75, 3.05) is 6.61 Å². The Labute approximate surface area is 214 Å². The molecule has 0 fully saturated rings. The molecule has 1 N–H and O–H groups in total. The van der Waals surface area contributed by atoms with E-state index < -0.39 is 10.8 Å². The standard InChI is InChI=1S/C27H26ClN3O5/c1-3-9-21-14-19(17-29-30-26(32)16-20-10-6-8-13-24(20)31(33)34)15-25(35-4-2)27(21)36-18-22-11-5-7-12-23(22)28/h3,5-8,10-15,17H,1,4,9,16,18H2,2H3,(H,30,32)/b29-17+. The van der Waals surface area contributed by atoms with Crippen molar-refractivity contribution in [2.45, 2.75) is 26.4 Å². The predicted octanol–water partition coefficient (Wildman–Crippen LogP) is 5.65. The highest BCUT2D eigenvalue weighted by Gasteiger charge is 2.16. The van der Waals surface area contributed by atoms with Crippen molar-refractivity contribution in [3.63, 3.8) is 0 Å². The van der Waals surface area contributed by atoms with Gasteiger partial charge in [0.15, 0.2) is 11.5 Å². The van der Waals surface area contributed by atoms with E-state index in [1.807, 2.05) is 31.2 Å². The van der Waals surface area contributed by atoms with E-state index in [1.54, 1.807) is 36.4 Å². The monoisotopic (exact) mass is 507 g/mol. The van der Waals surface area contributed by atoms with E-state index in [0.717, 1.165) is 11.1 Å². The number of nitro benzene ring substituents is 1. The molecule has 0 aliphatic carbocycles. The van der Waals surface area contributed by atoms with Gasteiger partial charge in [0.25, 0.3) is 5.69 Å². The van der Waals surface area contributed by atoms with E-state index in [9.17, 15) is 14.9 Å². The number of nitrogens with zero attached hydrogens (tertiary/aromatic N) is 2. The van der Waals surface area contributed by atoms with Crippen LogP contribution in [-0.2, 0) is 24.2 Å². The summed E-state index contributed by atoms with van der Waals surface area (Å²) in [7, 11) is 0. The Morgan fingerprint density at radius 1 is 1.11 bits per heavy atom. The number of nitro groups is 1. The van der Waals surface area contributed by atoms with Crippen molar-refractivity contribution < 1.29 is 19.2 Å². The van der Waals surface area contributed by atoms with Crippen LogP contribution in [0.2, 0.25) is 5.02 Å². The Morgan fingerprint density at radius 2 is 1.83 bits per heavy atom. The van der Waals surface area contributed by atoms with Gasteiger partial charge >= 0.3 is 0 Å². The molecule has 0 aliphatic rings. The zero-order chi connectivity index (χ0) is 25.9. The fourth-order valence-corrected chi connectivity index (χ4v) is 3.68. The van der Waals surface area contributed by atoms with Crippen LogP contribution in [0.4, 0.5) is 5.69 Å². The summed E-state index contributed by atoms with van der Waals surface area (Å²) in [6.45, 7) is 6.38. The maximum Gasteiger partial charge on any atom is 0.273 e. The third-order valence-corrected chi connectivity index (χ3v) is 5.46. The largest absolute Gasteiger partial charge is 0.490 e. The van der Waals surface area contributed by atoms with Crippen LogP contribution in [0.15, 0.2) is 78.4 Å². The van der Waals surface area contributed by atoms with Gasteiger partial charge in [0.05, 0.1) is 24.2 Å². The highest BCUT2D eigenvalue weighted by atomic mass is 35.5. The second-order valence-corrected chi connectivity index (χ2v) is 8.08. The van der Waals surface area contributed by atoms with Gasteiger partial charge in [-0.15, -0.1) is 6.58 Å². The van der Waals surface area contributed by atoms with Gasteiger partial charge in [-0.05, 0) is 37.1 Å². The van der Waals surface area contributed by atoms with E-state index in [-0.39, 0.29) is 18.7 Å². The highest BCUT2D eigenvalue weighted by molar-refractivity contribution is 6.31. The SMILES string of the molecule is C=CCc1cc(/C=N/NC(=O)Cc2ccccc2[N+](=O)[O-])cc(OCC)c1OCc1ccccc1Cl. The number of hydrogen-bond acceptors (Lipinski definition) is 6. The molecular weight excluding hydrogens is 482 g/mol. The molecule has 3 rings (SSSR count). The molecule has 8 nitrogen and oxygen atoms in total. The normalized spacial score (nSPS) is 10.7. The molecule has 0 aliphatic heterocycles. The zero-order valence-corrected chi connectivity index (χ0v) is 20.5.